The van der Waals surface area contributed by atoms with E-state index in [0.29, 0.717) is 0 Å². The Morgan fingerprint density at radius 1 is 0.750 bits per heavy atom. The lowest BCUT2D eigenvalue weighted by molar-refractivity contribution is 1.41. The van der Waals surface area contributed by atoms with Crippen molar-refractivity contribution in [3.8, 4) is 0 Å². The third-order valence-corrected chi connectivity index (χ3v) is 4.36. The smallest absolute Gasteiger partial charge is 0.0151 e. The van der Waals surface area contributed by atoms with E-state index in [1.54, 1.807) is 0 Å². The molecule has 2 heteroatoms. The lowest BCUT2D eigenvalue weighted by Gasteiger charge is -2.09. The van der Waals surface area contributed by atoms with Gasteiger partial charge in [0.1, 0.15) is 0 Å². The summed E-state index contributed by atoms with van der Waals surface area (Å²) < 4.78 is 0. The van der Waals surface area contributed by atoms with Gasteiger partial charge in [0.15, 0.2) is 0 Å². The maximum atomic E-state index is 2.26. The molecule has 0 atom stereocenters. The molecule has 16 heavy (non-hydrogen) atoms. The van der Waals surface area contributed by atoms with Crippen LogP contribution in [0, 0.1) is 0 Å². The summed E-state index contributed by atoms with van der Waals surface area (Å²) in [5, 5.41) is 2.79. The number of hydrogen-bond donors (Lipinski definition) is 0. The molecule has 0 saturated carbocycles. The van der Waals surface area contributed by atoms with Crippen molar-refractivity contribution >= 4 is 34.3 Å². The van der Waals surface area contributed by atoms with Crippen LogP contribution in [0.4, 0.5) is 0 Å². The normalized spacial score (nSPS) is 10.9. The Morgan fingerprint density at radius 3 is 1.56 bits per heavy atom. The summed E-state index contributed by atoms with van der Waals surface area (Å²) in [5.41, 5.74) is 0. The zero-order chi connectivity index (χ0) is 11.4. The lowest BCUT2D eigenvalue weighted by Crippen LogP contribution is -1.82. The van der Waals surface area contributed by atoms with E-state index in [-0.39, 0.29) is 0 Å². The molecule has 0 nitrogen and oxygen atoms in total. The molecule has 2 aromatic rings. The van der Waals surface area contributed by atoms with E-state index in [0.717, 1.165) is 11.5 Å². The SMILES string of the molecule is CCSc1ccc(SCC)c2ccccc12. The van der Waals surface area contributed by atoms with Crippen molar-refractivity contribution in [3.63, 3.8) is 0 Å². The molecule has 2 rings (SSSR count). The van der Waals surface area contributed by atoms with Crippen molar-refractivity contribution < 1.29 is 0 Å². The molecular weight excluding hydrogens is 232 g/mol. The van der Waals surface area contributed by atoms with Crippen LogP contribution in [-0.2, 0) is 0 Å². The Balaban J connectivity index is 2.57. The fourth-order valence-electron chi connectivity index (χ4n) is 1.81. The third-order valence-electron chi connectivity index (χ3n) is 2.44. The third kappa shape index (κ3) is 2.38. The number of benzene rings is 2. The molecule has 0 fully saturated rings. The van der Waals surface area contributed by atoms with E-state index in [4.69, 9.17) is 0 Å². The average molecular weight is 248 g/mol. The van der Waals surface area contributed by atoms with Gasteiger partial charge in [-0.25, -0.2) is 0 Å². The van der Waals surface area contributed by atoms with E-state index in [1.807, 2.05) is 23.5 Å². The predicted molar refractivity (Wildman–Crippen MR) is 76.7 cm³/mol. The summed E-state index contributed by atoms with van der Waals surface area (Å²) in [6.45, 7) is 4.41. The van der Waals surface area contributed by atoms with Gasteiger partial charge in [0.2, 0.25) is 0 Å². The Bertz CT molecular complexity index is 433. The Kier molecular flexibility index (Phi) is 4.19. The Hall–Kier alpha value is -0.600. The van der Waals surface area contributed by atoms with Crippen molar-refractivity contribution in [1.29, 1.82) is 0 Å². The highest BCUT2D eigenvalue weighted by Crippen LogP contribution is 2.34. The molecule has 0 aliphatic carbocycles. The van der Waals surface area contributed by atoms with E-state index >= 15 is 0 Å². The van der Waals surface area contributed by atoms with Gasteiger partial charge in [-0.2, -0.15) is 0 Å². The monoisotopic (exact) mass is 248 g/mol. The molecule has 0 bridgehead atoms. The highest BCUT2D eigenvalue weighted by molar-refractivity contribution is 8.00. The van der Waals surface area contributed by atoms with Gasteiger partial charge in [0.05, 0.1) is 0 Å². The van der Waals surface area contributed by atoms with Crippen LogP contribution < -0.4 is 0 Å². The van der Waals surface area contributed by atoms with Crippen LogP contribution in [0.3, 0.4) is 0 Å². The second-order valence-electron chi connectivity index (χ2n) is 3.47. The van der Waals surface area contributed by atoms with Gasteiger partial charge < -0.3 is 0 Å². The van der Waals surface area contributed by atoms with Crippen LogP contribution in [-0.4, -0.2) is 11.5 Å². The maximum absolute atomic E-state index is 2.26. The van der Waals surface area contributed by atoms with Crippen LogP contribution in [0.1, 0.15) is 13.8 Å². The number of hydrogen-bond acceptors (Lipinski definition) is 2. The first-order valence-corrected chi connectivity index (χ1v) is 7.61. The molecule has 2 aromatic carbocycles. The van der Waals surface area contributed by atoms with Crippen molar-refractivity contribution in [2.75, 3.05) is 11.5 Å². The summed E-state index contributed by atoms with van der Waals surface area (Å²) in [4.78, 5) is 2.80. The van der Waals surface area contributed by atoms with Gasteiger partial charge in [-0.3, -0.25) is 0 Å². The van der Waals surface area contributed by atoms with Crippen molar-refractivity contribution in [1.82, 2.24) is 0 Å². The van der Waals surface area contributed by atoms with Gasteiger partial charge in [0.25, 0.3) is 0 Å². The maximum Gasteiger partial charge on any atom is 0.0151 e. The molecule has 0 aliphatic rings. The summed E-state index contributed by atoms with van der Waals surface area (Å²) >= 11 is 3.84. The molecule has 84 valence electrons. The minimum atomic E-state index is 1.13. The van der Waals surface area contributed by atoms with Crippen molar-refractivity contribution in [2.24, 2.45) is 0 Å². The number of fused-ring (bicyclic) bond motifs is 1. The first-order valence-electron chi connectivity index (χ1n) is 5.64. The minimum absolute atomic E-state index is 1.13. The van der Waals surface area contributed by atoms with Crippen LogP contribution in [0.15, 0.2) is 46.2 Å². The van der Waals surface area contributed by atoms with E-state index in [2.05, 4.69) is 50.2 Å². The Morgan fingerprint density at radius 2 is 1.19 bits per heavy atom. The average Bonchev–Trinajstić information content (AvgIpc) is 2.33. The predicted octanol–water partition coefficient (Wildman–Crippen LogP) is 5.06. The first kappa shape index (κ1) is 11.9. The second kappa shape index (κ2) is 5.65. The molecule has 0 aliphatic heterocycles. The summed E-state index contributed by atoms with van der Waals surface area (Å²) in [5.74, 6) is 2.26. The van der Waals surface area contributed by atoms with Crippen molar-refractivity contribution in [2.45, 2.75) is 23.6 Å². The van der Waals surface area contributed by atoms with E-state index in [9.17, 15) is 0 Å². The molecule has 0 saturated heterocycles. The van der Waals surface area contributed by atoms with Gasteiger partial charge in [-0.05, 0) is 34.4 Å². The Labute approximate surface area is 106 Å². The van der Waals surface area contributed by atoms with Gasteiger partial charge >= 0.3 is 0 Å². The van der Waals surface area contributed by atoms with Gasteiger partial charge in [-0.15, -0.1) is 23.5 Å². The zero-order valence-corrected chi connectivity index (χ0v) is 11.3. The lowest BCUT2D eigenvalue weighted by atomic mass is 10.1. The van der Waals surface area contributed by atoms with Crippen LogP contribution in [0.2, 0.25) is 0 Å². The molecule has 0 aromatic heterocycles. The topological polar surface area (TPSA) is 0 Å². The van der Waals surface area contributed by atoms with Gasteiger partial charge in [-0.1, -0.05) is 38.1 Å². The van der Waals surface area contributed by atoms with Crippen LogP contribution >= 0.6 is 23.5 Å². The minimum Gasteiger partial charge on any atom is -0.126 e. The molecular formula is C14H16S2. The number of thioether (sulfide) groups is 2. The fourth-order valence-corrected chi connectivity index (χ4v) is 3.42. The number of rotatable bonds is 4. The summed E-state index contributed by atoms with van der Waals surface area (Å²) in [6, 6.07) is 13.2. The second-order valence-corrected chi connectivity index (χ2v) is 6.09. The standard InChI is InChI=1S/C14H16S2/c1-3-15-13-9-10-14(16-4-2)12-8-6-5-7-11(12)13/h5-10H,3-4H2,1-2H3. The quantitative estimate of drug-likeness (QED) is 0.693. The molecule has 0 N–H and O–H groups in total. The van der Waals surface area contributed by atoms with E-state index < -0.39 is 0 Å². The molecule has 0 unspecified atom stereocenters. The first-order chi connectivity index (χ1) is 7.86. The zero-order valence-electron chi connectivity index (χ0n) is 9.69. The highest BCUT2D eigenvalue weighted by Gasteiger charge is 2.05. The van der Waals surface area contributed by atoms with Crippen LogP contribution in [0.25, 0.3) is 10.8 Å². The summed E-state index contributed by atoms with van der Waals surface area (Å²) in [7, 11) is 0. The largest absolute Gasteiger partial charge is 0.126 e. The molecule has 0 amide bonds. The highest BCUT2D eigenvalue weighted by atomic mass is 32.2. The molecule has 0 spiro atoms. The fraction of sp³-hybridized carbons (Fsp3) is 0.286. The van der Waals surface area contributed by atoms with E-state index in [1.165, 1.54) is 20.6 Å². The van der Waals surface area contributed by atoms with Crippen LogP contribution in [0.5, 0.6) is 0 Å². The molecule has 0 heterocycles. The summed E-state index contributed by atoms with van der Waals surface area (Å²) in [6.07, 6.45) is 0. The molecule has 0 radical (unpaired) electrons. The van der Waals surface area contributed by atoms with Gasteiger partial charge in [0, 0.05) is 9.79 Å². The van der Waals surface area contributed by atoms with Crippen molar-refractivity contribution in [3.05, 3.63) is 36.4 Å².